The molecule has 1 aliphatic rings. The lowest BCUT2D eigenvalue weighted by atomic mass is 9.84. The summed E-state index contributed by atoms with van der Waals surface area (Å²) in [7, 11) is 0. The molecule has 1 aliphatic carbocycles. The number of hydrogen-bond donors (Lipinski definition) is 6. The van der Waals surface area contributed by atoms with Crippen molar-refractivity contribution >= 4 is 29.8 Å². The molecule has 2 unspecified atom stereocenters. The van der Waals surface area contributed by atoms with Gasteiger partial charge in [-0.1, -0.05) is 75.6 Å². The third-order valence-corrected chi connectivity index (χ3v) is 7.84. The largest absolute Gasteiger partial charge is 0.460 e. The zero-order chi connectivity index (χ0) is 33.7. The molecule has 256 valence electrons. The molecule has 0 aliphatic heterocycles. The molecule has 0 saturated heterocycles. The molecule has 1 saturated carbocycles. The van der Waals surface area contributed by atoms with E-state index in [1.54, 1.807) is 0 Å². The number of carbonyl (C=O) groups is 5. The van der Waals surface area contributed by atoms with Gasteiger partial charge in [-0.15, -0.1) is 0 Å². The van der Waals surface area contributed by atoms with Crippen molar-refractivity contribution in [3.8, 4) is 0 Å². The SMILES string of the molecule is C=CCOC(=O)CNC(=O)C(O)C(CCC)NC(=O)[C@H](CCCCNC(=O)OCc1ccccc1)NC(=O)[C@@H](N)C1CCCCC1. The van der Waals surface area contributed by atoms with Gasteiger partial charge in [0.15, 0.2) is 6.10 Å². The molecule has 1 fully saturated rings. The maximum Gasteiger partial charge on any atom is 0.407 e. The summed E-state index contributed by atoms with van der Waals surface area (Å²) in [6.45, 7) is 5.24. The van der Waals surface area contributed by atoms with E-state index < -0.39 is 60.6 Å². The Balaban J connectivity index is 1.97. The number of amides is 4. The Morgan fingerprint density at radius 1 is 0.957 bits per heavy atom. The second kappa shape index (κ2) is 21.7. The number of unbranched alkanes of at least 4 members (excludes halogenated alkanes) is 1. The van der Waals surface area contributed by atoms with Crippen LogP contribution in [0.3, 0.4) is 0 Å². The maximum absolute atomic E-state index is 13.5. The van der Waals surface area contributed by atoms with E-state index >= 15 is 0 Å². The van der Waals surface area contributed by atoms with Gasteiger partial charge >= 0.3 is 12.1 Å². The van der Waals surface area contributed by atoms with Crippen LogP contribution in [0.4, 0.5) is 4.79 Å². The van der Waals surface area contributed by atoms with Gasteiger partial charge < -0.3 is 41.6 Å². The average Bonchev–Trinajstić information content (AvgIpc) is 3.07. The highest BCUT2D eigenvalue weighted by Gasteiger charge is 2.32. The van der Waals surface area contributed by atoms with E-state index in [1.165, 1.54) is 6.08 Å². The summed E-state index contributed by atoms with van der Waals surface area (Å²) in [6.07, 6.45) is 5.96. The van der Waals surface area contributed by atoms with E-state index in [-0.39, 0.29) is 32.0 Å². The fraction of sp³-hybridized carbons (Fsp3) is 0.606. The number of aliphatic hydroxyl groups is 1. The van der Waals surface area contributed by atoms with Crippen LogP contribution in [0.1, 0.15) is 76.7 Å². The van der Waals surface area contributed by atoms with Crippen LogP contribution in [0, 0.1) is 5.92 Å². The monoisotopic (exact) mass is 645 g/mol. The second-order valence-corrected chi connectivity index (χ2v) is 11.5. The van der Waals surface area contributed by atoms with Crippen molar-refractivity contribution in [2.75, 3.05) is 19.7 Å². The van der Waals surface area contributed by atoms with Crippen molar-refractivity contribution in [1.82, 2.24) is 21.3 Å². The molecule has 13 nitrogen and oxygen atoms in total. The molecule has 0 spiro atoms. The first kappa shape index (κ1) is 38.2. The number of aliphatic hydroxyl groups excluding tert-OH is 1. The molecular weight excluding hydrogens is 594 g/mol. The highest BCUT2D eigenvalue weighted by Crippen LogP contribution is 2.25. The quantitative estimate of drug-likeness (QED) is 0.0697. The average molecular weight is 646 g/mol. The van der Waals surface area contributed by atoms with Crippen molar-refractivity contribution in [3.05, 3.63) is 48.6 Å². The van der Waals surface area contributed by atoms with Crippen LogP contribution in [-0.2, 0) is 35.3 Å². The van der Waals surface area contributed by atoms with Gasteiger partial charge in [0.05, 0.1) is 12.1 Å². The summed E-state index contributed by atoms with van der Waals surface area (Å²) in [5.74, 6) is -2.53. The van der Waals surface area contributed by atoms with E-state index in [1.807, 2.05) is 37.3 Å². The number of nitrogens with two attached hydrogens (primary N) is 1. The molecule has 0 heterocycles. The molecule has 46 heavy (non-hydrogen) atoms. The summed E-state index contributed by atoms with van der Waals surface area (Å²) in [6, 6.07) is 6.56. The lowest BCUT2D eigenvalue weighted by Crippen LogP contribution is -2.57. The summed E-state index contributed by atoms with van der Waals surface area (Å²) in [5.41, 5.74) is 7.17. The van der Waals surface area contributed by atoms with Crippen LogP contribution in [0.5, 0.6) is 0 Å². The van der Waals surface area contributed by atoms with Crippen molar-refractivity contribution in [2.24, 2.45) is 11.7 Å². The molecule has 0 radical (unpaired) electrons. The Kier molecular flexibility index (Phi) is 18.0. The van der Waals surface area contributed by atoms with Gasteiger partial charge in [-0.05, 0) is 50.0 Å². The topological polar surface area (TPSA) is 198 Å². The Morgan fingerprint density at radius 3 is 2.35 bits per heavy atom. The number of carbonyl (C=O) groups excluding carboxylic acids is 5. The van der Waals surface area contributed by atoms with Gasteiger partial charge in [-0.3, -0.25) is 19.2 Å². The maximum atomic E-state index is 13.5. The number of alkyl carbamates (subject to hydrolysis) is 1. The van der Waals surface area contributed by atoms with Crippen LogP contribution in [-0.4, -0.2) is 78.8 Å². The highest BCUT2D eigenvalue weighted by molar-refractivity contribution is 5.91. The normalized spacial score (nSPS) is 15.7. The minimum Gasteiger partial charge on any atom is -0.460 e. The Bertz CT molecular complexity index is 1110. The van der Waals surface area contributed by atoms with E-state index in [2.05, 4.69) is 27.8 Å². The van der Waals surface area contributed by atoms with Crippen LogP contribution in [0.2, 0.25) is 0 Å². The minimum absolute atomic E-state index is 0.0162. The minimum atomic E-state index is -1.65. The van der Waals surface area contributed by atoms with Gasteiger partial charge in [0.2, 0.25) is 11.8 Å². The van der Waals surface area contributed by atoms with Crippen LogP contribution < -0.4 is 27.0 Å². The van der Waals surface area contributed by atoms with Gasteiger partial charge in [-0.25, -0.2) is 4.79 Å². The van der Waals surface area contributed by atoms with Crippen molar-refractivity contribution in [1.29, 1.82) is 0 Å². The summed E-state index contributed by atoms with van der Waals surface area (Å²) in [5, 5.41) is 21.2. The zero-order valence-electron chi connectivity index (χ0n) is 26.8. The third-order valence-electron chi connectivity index (χ3n) is 7.84. The highest BCUT2D eigenvalue weighted by atomic mass is 16.5. The Morgan fingerprint density at radius 2 is 1.67 bits per heavy atom. The van der Waals surface area contributed by atoms with E-state index in [0.717, 1.165) is 37.7 Å². The van der Waals surface area contributed by atoms with Gasteiger partial charge in [-0.2, -0.15) is 0 Å². The van der Waals surface area contributed by atoms with E-state index in [0.29, 0.717) is 25.8 Å². The number of esters is 1. The van der Waals surface area contributed by atoms with E-state index in [9.17, 15) is 29.1 Å². The van der Waals surface area contributed by atoms with Crippen molar-refractivity contribution < 1.29 is 38.6 Å². The molecule has 1 aromatic rings. The molecular formula is C33H51N5O8. The molecule has 4 atom stereocenters. The summed E-state index contributed by atoms with van der Waals surface area (Å²) >= 11 is 0. The number of rotatable bonds is 20. The van der Waals surface area contributed by atoms with Crippen molar-refractivity contribution in [3.63, 3.8) is 0 Å². The lowest BCUT2D eigenvalue weighted by Gasteiger charge is -2.29. The van der Waals surface area contributed by atoms with Crippen LogP contribution in [0.15, 0.2) is 43.0 Å². The standard InChI is InChI=1S/C33H51N5O8/c1-3-13-25(29(40)32(43)36-21-27(39)45-20-4-2)37-30(41)26(38-31(42)28(34)24-16-9-6-10-17-24)18-11-12-19-35-33(44)46-22-23-14-7-5-8-15-23/h4-5,7-8,14-15,24-26,28-29,40H,2-3,6,9-13,16-22,34H2,1H3,(H,35,44)(H,36,43)(H,37,41)(H,38,42)/t25?,26-,28-,29?/m0/s1. The first-order chi connectivity index (χ1) is 22.2. The number of ether oxygens (including phenoxy) is 2. The predicted molar refractivity (Wildman–Crippen MR) is 172 cm³/mol. The molecule has 13 heteroatoms. The third kappa shape index (κ3) is 14.4. The zero-order valence-corrected chi connectivity index (χ0v) is 26.8. The van der Waals surface area contributed by atoms with Crippen molar-refractivity contribution in [2.45, 2.75) is 102 Å². The summed E-state index contributed by atoms with van der Waals surface area (Å²) < 4.78 is 10.0. The van der Waals surface area contributed by atoms with Crippen LogP contribution >= 0.6 is 0 Å². The number of hydrogen-bond acceptors (Lipinski definition) is 9. The van der Waals surface area contributed by atoms with Gasteiger partial charge in [0.25, 0.3) is 5.91 Å². The summed E-state index contributed by atoms with van der Waals surface area (Å²) in [4.78, 5) is 63.0. The van der Waals surface area contributed by atoms with Gasteiger partial charge in [0.1, 0.15) is 25.8 Å². The molecule has 4 amide bonds. The molecule has 7 N–H and O–H groups in total. The fourth-order valence-corrected chi connectivity index (χ4v) is 5.23. The molecule has 2 rings (SSSR count). The molecule has 1 aromatic carbocycles. The lowest BCUT2D eigenvalue weighted by molar-refractivity contribution is -0.144. The van der Waals surface area contributed by atoms with Crippen LogP contribution in [0.25, 0.3) is 0 Å². The first-order valence-electron chi connectivity index (χ1n) is 16.2. The first-order valence-corrected chi connectivity index (χ1v) is 16.2. The smallest absolute Gasteiger partial charge is 0.407 e. The number of benzene rings is 1. The molecule has 0 bridgehead atoms. The van der Waals surface area contributed by atoms with Gasteiger partial charge in [0, 0.05) is 6.54 Å². The predicted octanol–water partition coefficient (Wildman–Crippen LogP) is 1.97. The Labute approximate surface area is 271 Å². The fourth-order valence-electron chi connectivity index (χ4n) is 5.23. The number of nitrogens with one attached hydrogen (secondary N) is 4. The Hall–Kier alpha value is -3.97. The molecule has 0 aromatic heterocycles. The second-order valence-electron chi connectivity index (χ2n) is 11.5. The van der Waals surface area contributed by atoms with E-state index in [4.69, 9.17) is 15.2 Å².